The molecule has 6 nitrogen and oxygen atoms in total. The Balaban J connectivity index is 1.72. The fraction of sp³-hybridized carbons (Fsp3) is 0.467. The van der Waals surface area contributed by atoms with Gasteiger partial charge in [0, 0.05) is 18.6 Å². The molecular weight excluding hydrogens is 270 g/mol. The fourth-order valence-electron chi connectivity index (χ4n) is 2.25. The van der Waals surface area contributed by atoms with Gasteiger partial charge in [0.25, 0.3) is 5.89 Å². The normalized spacial score (nSPS) is 14.8. The van der Waals surface area contributed by atoms with E-state index in [4.69, 9.17) is 19.7 Å². The van der Waals surface area contributed by atoms with Gasteiger partial charge < -0.3 is 19.7 Å². The van der Waals surface area contributed by atoms with E-state index in [0.29, 0.717) is 24.9 Å². The molecule has 0 fully saturated rings. The molecule has 1 aromatic heterocycles. The highest BCUT2D eigenvalue weighted by atomic mass is 16.5. The Bertz CT molecular complexity index is 612. The molecule has 6 heteroatoms. The van der Waals surface area contributed by atoms with E-state index in [1.807, 2.05) is 18.2 Å². The number of hydrogen-bond acceptors (Lipinski definition) is 6. The summed E-state index contributed by atoms with van der Waals surface area (Å²) in [7, 11) is 0. The minimum atomic E-state index is -0.369. The lowest BCUT2D eigenvalue weighted by atomic mass is 10.1. The van der Waals surface area contributed by atoms with Crippen molar-refractivity contribution < 1.29 is 14.0 Å². The standard InChI is InChI=1S/C15H19N3O3/c1-2-6-19-9-12(16)14-17-15(21-18-14)11-3-4-13-10(8-11)5-7-20-13/h3-4,8,12H,2,5-7,9,16H2,1H3. The molecule has 1 aliphatic rings. The van der Waals surface area contributed by atoms with Gasteiger partial charge in [-0.15, -0.1) is 0 Å². The average Bonchev–Trinajstić information content (AvgIpc) is 3.15. The van der Waals surface area contributed by atoms with Crippen molar-refractivity contribution in [1.29, 1.82) is 0 Å². The van der Waals surface area contributed by atoms with Crippen LogP contribution in [0.25, 0.3) is 11.5 Å². The van der Waals surface area contributed by atoms with Gasteiger partial charge in [-0.2, -0.15) is 4.98 Å². The topological polar surface area (TPSA) is 83.4 Å². The van der Waals surface area contributed by atoms with Crippen molar-refractivity contribution in [2.75, 3.05) is 19.8 Å². The van der Waals surface area contributed by atoms with Crippen LogP contribution in [0.1, 0.15) is 30.8 Å². The van der Waals surface area contributed by atoms with Gasteiger partial charge in [-0.1, -0.05) is 12.1 Å². The number of aromatic nitrogens is 2. The number of nitrogens with zero attached hydrogens (tertiary/aromatic N) is 2. The van der Waals surface area contributed by atoms with Gasteiger partial charge in [-0.25, -0.2) is 0 Å². The summed E-state index contributed by atoms with van der Waals surface area (Å²) in [5.41, 5.74) is 8.05. The third kappa shape index (κ3) is 3.06. The Kier molecular flexibility index (Phi) is 4.17. The smallest absolute Gasteiger partial charge is 0.257 e. The lowest BCUT2D eigenvalue weighted by molar-refractivity contribution is 0.119. The lowest BCUT2D eigenvalue weighted by Gasteiger charge is -2.06. The van der Waals surface area contributed by atoms with Crippen LogP contribution in [0.3, 0.4) is 0 Å². The first kappa shape index (κ1) is 14.0. The molecule has 0 bridgehead atoms. The molecule has 0 radical (unpaired) electrons. The number of fused-ring (bicyclic) bond motifs is 1. The van der Waals surface area contributed by atoms with Crippen LogP contribution in [0.4, 0.5) is 0 Å². The van der Waals surface area contributed by atoms with Gasteiger partial charge in [-0.05, 0) is 30.2 Å². The van der Waals surface area contributed by atoms with E-state index in [1.54, 1.807) is 0 Å². The molecule has 1 atom stereocenters. The molecule has 1 unspecified atom stereocenters. The number of rotatable bonds is 6. The second-order valence-electron chi connectivity index (χ2n) is 5.06. The monoisotopic (exact) mass is 289 g/mol. The van der Waals surface area contributed by atoms with Crippen LogP contribution in [0.15, 0.2) is 22.7 Å². The third-order valence-electron chi connectivity index (χ3n) is 3.36. The van der Waals surface area contributed by atoms with E-state index < -0.39 is 0 Å². The van der Waals surface area contributed by atoms with Gasteiger partial charge in [0.05, 0.1) is 19.3 Å². The predicted molar refractivity (Wildman–Crippen MR) is 77.0 cm³/mol. The lowest BCUT2D eigenvalue weighted by Crippen LogP contribution is -2.18. The molecule has 112 valence electrons. The number of hydrogen-bond donors (Lipinski definition) is 1. The highest BCUT2D eigenvalue weighted by molar-refractivity contribution is 5.58. The van der Waals surface area contributed by atoms with Crippen molar-refractivity contribution in [2.45, 2.75) is 25.8 Å². The van der Waals surface area contributed by atoms with E-state index in [9.17, 15) is 0 Å². The first-order valence-corrected chi connectivity index (χ1v) is 7.21. The minimum absolute atomic E-state index is 0.369. The predicted octanol–water partition coefficient (Wildman–Crippen LogP) is 2.10. The summed E-state index contributed by atoms with van der Waals surface area (Å²) in [6.07, 6.45) is 1.87. The van der Waals surface area contributed by atoms with Crippen LogP contribution >= 0.6 is 0 Å². The molecule has 2 heterocycles. The first-order chi connectivity index (χ1) is 10.3. The molecule has 1 aliphatic heterocycles. The zero-order chi connectivity index (χ0) is 14.7. The molecule has 0 aliphatic carbocycles. The summed E-state index contributed by atoms with van der Waals surface area (Å²) in [4.78, 5) is 4.36. The van der Waals surface area contributed by atoms with Crippen LogP contribution in [0, 0.1) is 0 Å². The van der Waals surface area contributed by atoms with Crippen molar-refractivity contribution >= 4 is 0 Å². The SMILES string of the molecule is CCCOCC(N)c1noc(-c2ccc3c(c2)CCO3)n1. The Morgan fingerprint density at radius 2 is 2.33 bits per heavy atom. The largest absolute Gasteiger partial charge is 0.493 e. The molecular formula is C15H19N3O3. The van der Waals surface area contributed by atoms with E-state index in [0.717, 1.165) is 30.8 Å². The summed E-state index contributed by atoms with van der Waals surface area (Å²) in [6.45, 7) is 3.86. The molecule has 0 saturated carbocycles. The van der Waals surface area contributed by atoms with Crippen LogP contribution in [-0.4, -0.2) is 30.0 Å². The molecule has 0 saturated heterocycles. The Labute approximate surface area is 123 Å². The second-order valence-corrected chi connectivity index (χ2v) is 5.06. The maximum Gasteiger partial charge on any atom is 0.257 e. The number of nitrogens with two attached hydrogens (primary N) is 1. The molecule has 2 aromatic rings. The highest BCUT2D eigenvalue weighted by Gasteiger charge is 2.18. The van der Waals surface area contributed by atoms with Gasteiger partial charge in [0.15, 0.2) is 5.82 Å². The Hall–Kier alpha value is -1.92. The zero-order valence-corrected chi connectivity index (χ0v) is 12.0. The molecule has 0 spiro atoms. The zero-order valence-electron chi connectivity index (χ0n) is 12.0. The van der Waals surface area contributed by atoms with Crippen molar-refractivity contribution in [3.8, 4) is 17.2 Å². The van der Waals surface area contributed by atoms with E-state index >= 15 is 0 Å². The quantitative estimate of drug-likeness (QED) is 0.820. The van der Waals surface area contributed by atoms with Gasteiger partial charge in [0.1, 0.15) is 5.75 Å². The number of ether oxygens (including phenoxy) is 2. The van der Waals surface area contributed by atoms with Gasteiger partial charge >= 0.3 is 0 Å². The van der Waals surface area contributed by atoms with Crippen molar-refractivity contribution in [1.82, 2.24) is 10.1 Å². The third-order valence-corrected chi connectivity index (χ3v) is 3.36. The summed E-state index contributed by atoms with van der Waals surface area (Å²) in [5.74, 6) is 1.88. The Morgan fingerprint density at radius 3 is 3.19 bits per heavy atom. The molecule has 2 N–H and O–H groups in total. The number of benzene rings is 1. The van der Waals surface area contributed by atoms with Crippen LogP contribution in [-0.2, 0) is 11.2 Å². The van der Waals surface area contributed by atoms with Gasteiger partial charge in [0.2, 0.25) is 0 Å². The van der Waals surface area contributed by atoms with Crippen molar-refractivity contribution in [3.63, 3.8) is 0 Å². The fourth-order valence-corrected chi connectivity index (χ4v) is 2.25. The molecule has 21 heavy (non-hydrogen) atoms. The molecule has 3 rings (SSSR count). The van der Waals surface area contributed by atoms with E-state index in [2.05, 4.69) is 17.1 Å². The molecule has 1 aromatic carbocycles. The Morgan fingerprint density at radius 1 is 1.43 bits per heavy atom. The maximum atomic E-state index is 5.99. The van der Waals surface area contributed by atoms with Gasteiger partial charge in [-0.3, -0.25) is 0 Å². The van der Waals surface area contributed by atoms with Crippen molar-refractivity contribution in [3.05, 3.63) is 29.6 Å². The van der Waals surface area contributed by atoms with Crippen LogP contribution in [0.5, 0.6) is 5.75 Å². The van der Waals surface area contributed by atoms with E-state index in [-0.39, 0.29) is 6.04 Å². The average molecular weight is 289 g/mol. The second kappa shape index (κ2) is 6.24. The summed E-state index contributed by atoms with van der Waals surface area (Å²) in [6, 6.07) is 5.51. The van der Waals surface area contributed by atoms with Crippen LogP contribution in [0.2, 0.25) is 0 Å². The summed E-state index contributed by atoms with van der Waals surface area (Å²) in [5, 5.41) is 3.94. The highest BCUT2D eigenvalue weighted by Crippen LogP contribution is 2.30. The first-order valence-electron chi connectivity index (χ1n) is 7.21. The maximum absolute atomic E-state index is 5.99. The van der Waals surface area contributed by atoms with Crippen LogP contribution < -0.4 is 10.5 Å². The minimum Gasteiger partial charge on any atom is -0.493 e. The summed E-state index contributed by atoms with van der Waals surface area (Å²) >= 11 is 0. The molecule has 0 amide bonds. The summed E-state index contributed by atoms with van der Waals surface area (Å²) < 4.78 is 16.2. The van der Waals surface area contributed by atoms with E-state index in [1.165, 1.54) is 5.56 Å². The van der Waals surface area contributed by atoms with Crippen molar-refractivity contribution in [2.24, 2.45) is 5.73 Å².